The van der Waals surface area contributed by atoms with Crippen molar-refractivity contribution in [3.8, 4) is 0 Å². The number of fused-ring (bicyclic) bond motifs is 1. The largest absolute Gasteiger partial charge is 0.433 e. The average molecular weight is 338 g/mol. The number of amides is 1. The molecule has 0 aliphatic carbocycles. The van der Waals surface area contributed by atoms with Crippen molar-refractivity contribution in [2.24, 2.45) is 5.92 Å². The maximum absolute atomic E-state index is 12.7. The molecular weight excluding hydrogens is 321 g/mol. The molecule has 0 aromatic carbocycles. The van der Waals surface area contributed by atoms with E-state index in [0.717, 1.165) is 17.7 Å². The molecule has 128 valence electrons. The zero-order valence-corrected chi connectivity index (χ0v) is 13.3. The number of nitrogens with one attached hydrogen (secondary N) is 1. The van der Waals surface area contributed by atoms with Gasteiger partial charge in [-0.1, -0.05) is 0 Å². The molecule has 5 nitrogen and oxygen atoms in total. The third-order valence-corrected chi connectivity index (χ3v) is 4.11. The Hall–Kier alpha value is -2.38. The maximum Gasteiger partial charge on any atom is 0.433 e. The van der Waals surface area contributed by atoms with E-state index in [4.69, 9.17) is 0 Å². The van der Waals surface area contributed by atoms with Crippen LogP contribution in [0.4, 0.5) is 18.9 Å². The smallest absolute Gasteiger partial charge is 0.335 e. The van der Waals surface area contributed by atoms with Crippen LogP contribution in [0.3, 0.4) is 0 Å². The summed E-state index contributed by atoms with van der Waals surface area (Å²) in [6.45, 7) is 3.93. The van der Waals surface area contributed by atoms with E-state index < -0.39 is 11.9 Å². The summed E-state index contributed by atoms with van der Waals surface area (Å²) in [5.74, 6) is 0.394. The normalized spacial score (nSPS) is 17.5. The van der Waals surface area contributed by atoms with Gasteiger partial charge >= 0.3 is 6.18 Å². The van der Waals surface area contributed by atoms with Gasteiger partial charge in [0.1, 0.15) is 11.5 Å². The molecule has 0 saturated heterocycles. The summed E-state index contributed by atoms with van der Waals surface area (Å²) in [7, 11) is 0. The van der Waals surface area contributed by atoms with Gasteiger partial charge in [-0.3, -0.25) is 4.79 Å². The Bertz CT molecular complexity index is 782. The molecule has 1 amide bonds. The summed E-state index contributed by atoms with van der Waals surface area (Å²) in [6.07, 6.45) is -0.312. The van der Waals surface area contributed by atoms with Gasteiger partial charge in [0, 0.05) is 25.1 Å². The van der Waals surface area contributed by atoms with Crippen molar-refractivity contribution in [1.82, 2.24) is 14.5 Å². The Labute approximate surface area is 136 Å². The number of aryl methyl sites for hydroxylation is 3. The van der Waals surface area contributed by atoms with E-state index in [-0.39, 0.29) is 23.1 Å². The summed E-state index contributed by atoms with van der Waals surface area (Å²) in [4.78, 5) is 20.2. The highest BCUT2D eigenvalue weighted by atomic mass is 19.4. The SMILES string of the molecule is Cc1cn2c(n1)CC(C(=O)Nc1cnc(C(F)(F)F)c(C)c1)CC2. The van der Waals surface area contributed by atoms with Gasteiger partial charge in [0.25, 0.3) is 0 Å². The minimum atomic E-state index is -4.50. The minimum absolute atomic E-state index is 0.0184. The van der Waals surface area contributed by atoms with E-state index in [1.807, 2.05) is 17.7 Å². The predicted octanol–water partition coefficient (Wildman–Crippen LogP) is 3.11. The number of anilines is 1. The molecule has 0 saturated carbocycles. The molecule has 2 aromatic heterocycles. The van der Waals surface area contributed by atoms with E-state index >= 15 is 0 Å². The highest BCUT2D eigenvalue weighted by Gasteiger charge is 2.34. The van der Waals surface area contributed by atoms with Crippen LogP contribution in [0.2, 0.25) is 0 Å². The highest BCUT2D eigenvalue weighted by Crippen LogP contribution is 2.31. The lowest BCUT2D eigenvalue weighted by molar-refractivity contribution is -0.141. The fraction of sp³-hybridized carbons (Fsp3) is 0.438. The molecule has 0 radical (unpaired) electrons. The van der Waals surface area contributed by atoms with Crippen LogP contribution in [0.25, 0.3) is 0 Å². The van der Waals surface area contributed by atoms with Crippen molar-refractivity contribution in [3.05, 3.63) is 41.2 Å². The second kappa shape index (κ2) is 5.92. The third kappa shape index (κ3) is 3.27. The summed E-state index contributed by atoms with van der Waals surface area (Å²) in [6, 6.07) is 1.29. The van der Waals surface area contributed by atoms with Crippen LogP contribution in [0.15, 0.2) is 18.5 Å². The van der Waals surface area contributed by atoms with Crippen LogP contribution in [0, 0.1) is 19.8 Å². The van der Waals surface area contributed by atoms with Crippen molar-refractivity contribution in [1.29, 1.82) is 0 Å². The Kier molecular flexibility index (Phi) is 4.06. The van der Waals surface area contributed by atoms with Gasteiger partial charge in [-0.05, 0) is 31.9 Å². The fourth-order valence-electron chi connectivity index (χ4n) is 2.98. The zero-order chi connectivity index (χ0) is 17.5. The Balaban J connectivity index is 1.70. The molecule has 1 N–H and O–H groups in total. The first-order chi connectivity index (χ1) is 11.2. The molecule has 8 heteroatoms. The summed E-state index contributed by atoms with van der Waals surface area (Å²) >= 11 is 0. The number of pyridine rings is 1. The first-order valence-corrected chi connectivity index (χ1v) is 7.61. The quantitative estimate of drug-likeness (QED) is 0.915. The molecule has 2 aromatic rings. The molecule has 1 unspecified atom stereocenters. The van der Waals surface area contributed by atoms with Crippen molar-refractivity contribution in [2.75, 3.05) is 5.32 Å². The van der Waals surface area contributed by atoms with Crippen LogP contribution in [0.1, 0.15) is 29.2 Å². The fourth-order valence-corrected chi connectivity index (χ4v) is 2.98. The Morgan fingerprint density at radius 1 is 1.38 bits per heavy atom. The van der Waals surface area contributed by atoms with Gasteiger partial charge in [0.05, 0.1) is 17.6 Å². The number of hydrogen-bond acceptors (Lipinski definition) is 3. The van der Waals surface area contributed by atoms with Gasteiger partial charge < -0.3 is 9.88 Å². The number of carbonyl (C=O) groups excluding carboxylic acids is 1. The lowest BCUT2D eigenvalue weighted by Gasteiger charge is -2.22. The summed E-state index contributed by atoms with van der Waals surface area (Å²) < 4.78 is 40.2. The molecule has 1 aliphatic heterocycles. The summed E-state index contributed by atoms with van der Waals surface area (Å²) in [5, 5.41) is 2.66. The van der Waals surface area contributed by atoms with Gasteiger partial charge in [0.2, 0.25) is 5.91 Å². The van der Waals surface area contributed by atoms with Crippen LogP contribution >= 0.6 is 0 Å². The molecule has 3 rings (SSSR count). The maximum atomic E-state index is 12.7. The van der Waals surface area contributed by atoms with Gasteiger partial charge in [-0.25, -0.2) is 9.97 Å². The Morgan fingerprint density at radius 2 is 2.12 bits per heavy atom. The zero-order valence-electron chi connectivity index (χ0n) is 13.3. The highest BCUT2D eigenvalue weighted by molar-refractivity contribution is 5.92. The summed E-state index contributed by atoms with van der Waals surface area (Å²) in [5.41, 5.74) is 0.231. The number of hydrogen-bond donors (Lipinski definition) is 1. The molecule has 1 atom stereocenters. The van der Waals surface area contributed by atoms with Crippen molar-refractivity contribution >= 4 is 11.6 Å². The van der Waals surface area contributed by atoms with Crippen LogP contribution in [0.5, 0.6) is 0 Å². The van der Waals surface area contributed by atoms with Gasteiger partial charge in [-0.15, -0.1) is 0 Å². The topological polar surface area (TPSA) is 59.8 Å². The molecule has 0 spiro atoms. The van der Waals surface area contributed by atoms with Crippen LogP contribution in [-0.2, 0) is 23.9 Å². The second-order valence-electron chi connectivity index (χ2n) is 6.06. The van der Waals surface area contributed by atoms with Crippen LogP contribution < -0.4 is 5.32 Å². The van der Waals surface area contributed by atoms with Gasteiger partial charge in [0.15, 0.2) is 0 Å². The molecule has 0 bridgehead atoms. The number of halogens is 3. The lowest BCUT2D eigenvalue weighted by Crippen LogP contribution is -2.30. The van der Waals surface area contributed by atoms with Crippen molar-refractivity contribution in [3.63, 3.8) is 0 Å². The first kappa shape index (κ1) is 16.5. The minimum Gasteiger partial charge on any atom is -0.335 e. The molecule has 24 heavy (non-hydrogen) atoms. The number of nitrogens with zero attached hydrogens (tertiary/aromatic N) is 3. The van der Waals surface area contributed by atoms with E-state index in [9.17, 15) is 18.0 Å². The lowest BCUT2D eigenvalue weighted by atomic mass is 9.97. The molecule has 1 aliphatic rings. The molecule has 0 fully saturated rings. The number of aromatic nitrogens is 3. The number of rotatable bonds is 2. The number of alkyl halides is 3. The molecular formula is C16H17F3N4O. The van der Waals surface area contributed by atoms with Crippen molar-refractivity contribution in [2.45, 2.75) is 39.4 Å². The van der Waals surface area contributed by atoms with E-state index in [1.54, 1.807) is 0 Å². The van der Waals surface area contributed by atoms with Crippen molar-refractivity contribution < 1.29 is 18.0 Å². The monoisotopic (exact) mass is 338 g/mol. The van der Waals surface area contributed by atoms with Gasteiger partial charge in [-0.2, -0.15) is 13.2 Å². The molecule has 3 heterocycles. The third-order valence-electron chi connectivity index (χ3n) is 4.11. The average Bonchev–Trinajstić information content (AvgIpc) is 2.84. The van der Waals surface area contributed by atoms with E-state index in [1.165, 1.54) is 13.0 Å². The van der Waals surface area contributed by atoms with E-state index in [2.05, 4.69) is 15.3 Å². The van der Waals surface area contributed by atoms with E-state index in [0.29, 0.717) is 19.4 Å². The second-order valence-corrected chi connectivity index (χ2v) is 6.06. The van der Waals surface area contributed by atoms with Crippen LogP contribution in [-0.4, -0.2) is 20.4 Å². The number of imidazole rings is 1. The number of carbonyl (C=O) groups is 1. The predicted molar refractivity (Wildman–Crippen MR) is 81.4 cm³/mol. The standard InChI is InChI=1S/C16H17F3N4O/c1-9-5-12(7-20-14(9)16(17,18)19)22-15(24)11-3-4-23-8-10(2)21-13(23)6-11/h5,7-8,11H,3-4,6H2,1-2H3,(H,22,24). The Morgan fingerprint density at radius 3 is 2.79 bits per heavy atom. The first-order valence-electron chi connectivity index (χ1n) is 7.61.